The Hall–Kier alpha value is -2.56. The largest absolute Gasteiger partial charge is 0.504 e. The van der Waals surface area contributed by atoms with Gasteiger partial charge in [0.25, 0.3) is 5.91 Å². The van der Waals surface area contributed by atoms with Crippen LogP contribution in [0, 0.1) is 5.82 Å². The van der Waals surface area contributed by atoms with E-state index in [0.717, 1.165) is 0 Å². The minimum absolute atomic E-state index is 0.0340. The van der Waals surface area contributed by atoms with Crippen LogP contribution in [0.4, 0.5) is 4.39 Å². The van der Waals surface area contributed by atoms with Crippen molar-refractivity contribution in [1.29, 1.82) is 0 Å². The van der Waals surface area contributed by atoms with E-state index in [1.54, 1.807) is 19.1 Å². The van der Waals surface area contributed by atoms with Crippen molar-refractivity contribution < 1.29 is 19.4 Å². The highest BCUT2D eigenvalue weighted by Gasteiger charge is 2.16. The fourth-order valence-corrected chi connectivity index (χ4v) is 1.85. The summed E-state index contributed by atoms with van der Waals surface area (Å²) in [6.45, 7) is 1.70. The highest BCUT2D eigenvalue weighted by molar-refractivity contribution is 5.97. The molecular formula is C15H14FNO3. The minimum Gasteiger partial charge on any atom is -0.504 e. The molecule has 5 heteroatoms. The van der Waals surface area contributed by atoms with Gasteiger partial charge in [-0.2, -0.15) is 0 Å². The topological polar surface area (TPSA) is 69.6 Å². The molecule has 1 unspecified atom stereocenters. The van der Waals surface area contributed by atoms with Gasteiger partial charge in [0, 0.05) is 0 Å². The molecule has 0 aromatic heterocycles. The average molecular weight is 275 g/mol. The summed E-state index contributed by atoms with van der Waals surface area (Å²) in [5, 5.41) is 21.6. The number of hydrogen-bond acceptors (Lipinski definition) is 3. The first-order chi connectivity index (χ1) is 9.49. The zero-order valence-electron chi connectivity index (χ0n) is 10.8. The lowest BCUT2D eigenvalue weighted by molar-refractivity contribution is 0.0936. The van der Waals surface area contributed by atoms with Crippen molar-refractivity contribution in [3.8, 4) is 11.5 Å². The number of carbonyl (C=O) groups is 1. The Labute approximate surface area is 115 Å². The first-order valence-electron chi connectivity index (χ1n) is 6.06. The maximum absolute atomic E-state index is 13.1. The van der Waals surface area contributed by atoms with Crippen LogP contribution >= 0.6 is 0 Å². The highest BCUT2D eigenvalue weighted by Crippen LogP contribution is 2.28. The summed E-state index contributed by atoms with van der Waals surface area (Å²) in [6.07, 6.45) is 0. The molecule has 2 aromatic rings. The molecule has 0 bridgehead atoms. The second-order valence-corrected chi connectivity index (χ2v) is 4.42. The average Bonchev–Trinajstić information content (AvgIpc) is 2.41. The lowest BCUT2D eigenvalue weighted by atomic mass is 10.1. The minimum atomic E-state index is -0.546. The van der Waals surface area contributed by atoms with Gasteiger partial charge in [0.2, 0.25) is 0 Å². The molecule has 1 atom stereocenters. The summed E-state index contributed by atoms with van der Waals surface area (Å²) < 4.78 is 13.1. The molecule has 0 aliphatic heterocycles. The predicted molar refractivity (Wildman–Crippen MR) is 72.1 cm³/mol. The molecule has 0 spiro atoms. The van der Waals surface area contributed by atoms with E-state index >= 15 is 0 Å². The molecule has 1 amide bonds. The lowest BCUT2D eigenvalue weighted by Crippen LogP contribution is -2.26. The number of para-hydroxylation sites is 1. The Morgan fingerprint density at radius 1 is 1.20 bits per heavy atom. The van der Waals surface area contributed by atoms with Crippen LogP contribution in [-0.4, -0.2) is 16.1 Å². The van der Waals surface area contributed by atoms with E-state index in [4.69, 9.17) is 0 Å². The van der Waals surface area contributed by atoms with E-state index in [0.29, 0.717) is 5.56 Å². The first kappa shape index (κ1) is 13.9. The van der Waals surface area contributed by atoms with Crippen molar-refractivity contribution in [3.63, 3.8) is 0 Å². The first-order valence-corrected chi connectivity index (χ1v) is 6.06. The number of phenols is 2. The van der Waals surface area contributed by atoms with Gasteiger partial charge in [-0.3, -0.25) is 4.79 Å². The van der Waals surface area contributed by atoms with Crippen molar-refractivity contribution in [2.45, 2.75) is 13.0 Å². The molecular weight excluding hydrogens is 261 g/mol. The fourth-order valence-electron chi connectivity index (χ4n) is 1.85. The van der Waals surface area contributed by atoms with Gasteiger partial charge in [0.05, 0.1) is 11.6 Å². The third-order valence-electron chi connectivity index (χ3n) is 2.96. The van der Waals surface area contributed by atoms with E-state index in [1.807, 2.05) is 0 Å². The van der Waals surface area contributed by atoms with E-state index < -0.39 is 17.7 Å². The smallest absolute Gasteiger partial charge is 0.255 e. The Balaban J connectivity index is 2.17. The normalized spacial score (nSPS) is 11.9. The zero-order valence-corrected chi connectivity index (χ0v) is 10.8. The van der Waals surface area contributed by atoms with Crippen molar-refractivity contribution in [2.24, 2.45) is 0 Å². The number of benzene rings is 2. The van der Waals surface area contributed by atoms with Crippen LogP contribution in [0.5, 0.6) is 11.5 Å². The molecule has 2 rings (SSSR count). The summed E-state index contributed by atoms with van der Waals surface area (Å²) in [4.78, 5) is 12.0. The van der Waals surface area contributed by atoms with Crippen LogP contribution in [0.25, 0.3) is 0 Å². The van der Waals surface area contributed by atoms with Gasteiger partial charge in [-0.1, -0.05) is 18.2 Å². The van der Waals surface area contributed by atoms with Gasteiger partial charge in [-0.05, 0) is 36.8 Å². The van der Waals surface area contributed by atoms with Crippen molar-refractivity contribution in [1.82, 2.24) is 5.32 Å². The molecule has 20 heavy (non-hydrogen) atoms. The summed E-state index contributed by atoms with van der Waals surface area (Å²) in [7, 11) is 0. The zero-order chi connectivity index (χ0) is 14.7. The van der Waals surface area contributed by atoms with Crippen LogP contribution in [0.15, 0.2) is 42.5 Å². The van der Waals surface area contributed by atoms with Crippen molar-refractivity contribution >= 4 is 5.91 Å². The van der Waals surface area contributed by atoms with Crippen LogP contribution in [-0.2, 0) is 0 Å². The molecule has 3 N–H and O–H groups in total. The van der Waals surface area contributed by atoms with Gasteiger partial charge < -0.3 is 15.5 Å². The molecule has 104 valence electrons. The monoisotopic (exact) mass is 275 g/mol. The fraction of sp³-hybridized carbons (Fsp3) is 0.133. The van der Waals surface area contributed by atoms with E-state index in [-0.39, 0.29) is 17.1 Å². The van der Waals surface area contributed by atoms with Crippen molar-refractivity contribution in [3.05, 3.63) is 59.4 Å². The molecule has 4 nitrogen and oxygen atoms in total. The number of rotatable bonds is 3. The van der Waals surface area contributed by atoms with Crippen molar-refractivity contribution in [2.75, 3.05) is 0 Å². The lowest BCUT2D eigenvalue weighted by Gasteiger charge is -2.15. The molecule has 0 aliphatic rings. The molecule has 2 aromatic carbocycles. The number of nitrogens with one attached hydrogen (secondary N) is 1. The van der Waals surface area contributed by atoms with Gasteiger partial charge in [0.15, 0.2) is 11.5 Å². The second-order valence-electron chi connectivity index (χ2n) is 4.42. The number of carbonyl (C=O) groups excluding carboxylic acids is 1. The van der Waals surface area contributed by atoms with Crippen LogP contribution in [0.2, 0.25) is 0 Å². The van der Waals surface area contributed by atoms with Gasteiger partial charge >= 0.3 is 0 Å². The predicted octanol–water partition coefficient (Wildman–Crippen LogP) is 2.73. The summed E-state index contributed by atoms with van der Waals surface area (Å²) in [5.41, 5.74) is 0.575. The van der Waals surface area contributed by atoms with Gasteiger partial charge in [0.1, 0.15) is 5.82 Å². The second kappa shape index (κ2) is 5.61. The quantitative estimate of drug-likeness (QED) is 0.754. The highest BCUT2D eigenvalue weighted by atomic mass is 19.1. The number of amides is 1. The maximum atomic E-state index is 13.1. The molecule has 0 saturated heterocycles. The number of halogens is 1. The van der Waals surface area contributed by atoms with Gasteiger partial charge in [-0.25, -0.2) is 4.39 Å². The number of phenolic OH excluding ortho intramolecular Hbond substituents is 2. The maximum Gasteiger partial charge on any atom is 0.255 e. The molecule has 0 radical (unpaired) electrons. The number of hydrogen-bond donors (Lipinski definition) is 3. The summed E-state index contributed by atoms with van der Waals surface area (Å²) in [6, 6.07) is 9.59. The van der Waals surface area contributed by atoms with Crippen LogP contribution in [0.1, 0.15) is 28.9 Å². The summed E-state index contributed by atoms with van der Waals surface area (Å²) >= 11 is 0. The Bertz CT molecular complexity index is 643. The van der Waals surface area contributed by atoms with E-state index in [9.17, 15) is 19.4 Å². The molecule has 0 aliphatic carbocycles. The van der Waals surface area contributed by atoms with Crippen LogP contribution in [0.3, 0.4) is 0 Å². The molecule has 0 fully saturated rings. The SMILES string of the molecule is CC(NC(=O)c1cccc(O)c1O)c1cccc(F)c1. The Morgan fingerprint density at radius 2 is 1.90 bits per heavy atom. The Morgan fingerprint density at radius 3 is 2.60 bits per heavy atom. The van der Waals surface area contributed by atoms with Crippen LogP contribution < -0.4 is 5.32 Å². The van der Waals surface area contributed by atoms with E-state index in [1.165, 1.54) is 30.3 Å². The summed E-state index contributed by atoms with van der Waals surface area (Å²) in [5.74, 6) is -1.77. The third kappa shape index (κ3) is 2.88. The van der Waals surface area contributed by atoms with Gasteiger partial charge in [-0.15, -0.1) is 0 Å². The van der Waals surface area contributed by atoms with E-state index in [2.05, 4.69) is 5.32 Å². The standard InChI is InChI=1S/C15H14FNO3/c1-9(10-4-2-5-11(16)8-10)17-15(20)12-6-3-7-13(18)14(12)19/h2-9,18-19H,1H3,(H,17,20). The number of aromatic hydroxyl groups is 2. The molecule has 0 saturated carbocycles. The third-order valence-corrected chi connectivity index (χ3v) is 2.96. The molecule has 0 heterocycles. The Kier molecular flexibility index (Phi) is 3.89.